The van der Waals surface area contributed by atoms with Gasteiger partial charge in [-0.15, -0.1) is 0 Å². The number of benzene rings is 3. The van der Waals surface area contributed by atoms with Crippen molar-refractivity contribution < 1.29 is 42.0 Å². The maximum Gasteiger partial charge on any atom is 0.417 e. The van der Waals surface area contributed by atoms with Crippen LogP contribution in [0.5, 0.6) is 5.75 Å². The molecule has 2 atom stereocenters. The van der Waals surface area contributed by atoms with E-state index in [9.17, 15) is 32.6 Å². The quantitative estimate of drug-likeness (QED) is 0.225. The highest BCUT2D eigenvalue weighted by atomic mass is 19.4. The number of hydrogen-bond donors (Lipinski definition) is 3. The fraction of sp³-hybridized carbons (Fsp3) is 0.367. The van der Waals surface area contributed by atoms with Crippen LogP contribution in [0.3, 0.4) is 0 Å². The van der Waals surface area contributed by atoms with E-state index in [1.54, 1.807) is 43.3 Å². The van der Waals surface area contributed by atoms with Crippen molar-refractivity contribution in [3.8, 4) is 16.9 Å². The molecule has 0 saturated heterocycles. The second kappa shape index (κ2) is 12.8. The number of halogens is 4. The molecule has 3 aromatic rings. The second-order valence-corrected chi connectivity index (χ2v) is 10.2. The molecule has 1 unspecified atom stereocenters. The molecule has 0 heterocycles. The Morgan fingerprint density at radius 3 is 2.38 bits per heavy atom. The Balaban J connectivity index is 1.66. The van der Waals surface area contributed by atoms with Crippen molar-refractivity contribution in [3.63, 3.8) is 0 Å². The fourth-order valence-electron chi connectivity index (χ4n) is 4.38. The van der Waals surface area contributed by atoms with Gasteiger partial charge in [-0.2, -0.15) is 13.2 Å². The normalized spacial score (nSPS) is 13.6. The van der Waals surface area contributed by atoms with Crippen LogP contribution in [-0.4, -0.2) is 48.1 Å². The predicted octanol–water partition coefficient (Wildman–Crippen LogP) is 6.27. The molecule has 0 aliphatic rings. The first kappa shape index (κ1) is 31.1. The van der Waals surface area contributed by atoms with Gasteiger partial charge in [0.15, 0.2) is 0 Å². The number of nitrogens with one attached hydrogen (secondary N) is 1. The lowest BCUT2D eigenvalue weighted by Crippen LogP contribution is -2.46. The number of aliphatic hydroxyl groups excluding tert-OH is 1. The maximum atomic E-state index is 14.4. The van der Waals surface area contributed by atoms with Crippen LogP contribution in [0.2, 0.25) is 0 Å². The second-order valence-electron chi connectivity index (χ2n) is 10.2. The van der Waals surface area contributed by atoms with Crippen LogP contribution in [-0.2, 0) is 17.3 Å². The van der Waals surface area contributed by atoms with E-state index in [1.807, 2.05) is 13.8 Å². The number of aromatic carboxylic acids is 1. The number of alkyl halides is 3. The zero-order chi connectivity index (χ0) is 29.7. The molecule has 0 aliphatic heterocycles. The van der Waals surface area contributed by atoms with E-state index < -0.39 is 41.0 Å². The van der Waals surface area contributed by atoms with E-state index in [1.165, 1.54) is 19.2 Å². The minimum atomic E-state index is -4.84. The molecule has 0 aliphatic carbocycles. The zero-order valence-corrected chi connectivity index (χ0v) is 22.7. The van der Waals surface area contributed by atoms with Crippen molar-refractivity contribution in [1.82, 2.24) is 5.32 Å². The summed E-state index contributed by atoms with van der Waals surface area (Å²) in [6.45, 7) is 5.57. The topological polar surface area (TPSA) is 88.0 Å². The van der Waals surface area contributed by atoms with Crippen LogP contribution in [0.4, 0.5) is 17.6 Å². The van der Waals surface area contributed by atoms with E-state index >= 15 is 0 Å². The minimum absolute atomic E-state index is 0.0682. The van der Waals surface area contributed by atoms with Gasteiger partial charge in [0.05, 0.1) is 37.1 Å². The molecular weight excluding hydrogens is 530 g/mol. The van der Waals surface area contributed by atoms with Crippen LogP contribution >= 0.6 is 0 Å². The highest BCUT2D eigenvalue weighted by molar-refractivity contribution is 5.90. The number of hydrogen-bond acceptors (Lipinski definition) is 5. The van der Waals surface area contributed by atoms with Crippen molar-refractivity contribution in [3.05, 3.63) is 88.7 Å². The molecular formula is C30H33F4NO5. The third kappa shape index (κ3) is 8.03. The monoisotopic (exact) mass is 563 g/mol. The van der Waals surface area contributed by atoms with Crippen LogP contribution < -0.4 is 10.1 Å². The lowest BCUT2D eigenvalue weighted by Gasteiger charge is -2.28. The molecule has 0 spiro atoms. The molecule has 40 heavy (non-hydrogen) atoms. The third-order valence-corrected chi connectivity index (χ3v) is 6.51. The van der Waals surface area contributed by atoms with Gasteiger partial charge in [0.25, 0.3) is 0 Å². The number of rotatable bonds is 12. The predicted molar refractivity (Wildman–Crippen MR) is 143 cm³/mol. The van der Waals surface area contributed by atoms with Gasteiger partial charge in [-0.25, -0.2) is 9.18 Å². The first-order valence-corrected chi connectivity index (χ1v) is 12.6. The van der Waals surface area contributed by atoms with Gasteiger partial charge in [-0.05, 0) is 67.6 Å². The third-order valence-electron chi connectivity index (χ3n) is 6.51. The van der Waals surface area contributed by atoms with Crippen molar-refractivity contribution in [2.45, 2.75) is 51.1 Å². The number of carbonyl (C=O) groups is 1. The summed E-state index contributed by atoms with van der Waals surface area (Å²) < 4.78 is 65.9. The Labute approximate surface area is 230 Å². The first-order chi connectivity index (χ1) is 18.7. The Bertz CT molecular complexity index is 1330. The lowest BCUT2D eigenvalue weighted by molar-refractivity contribution is -0.138. The number of aliphatic hydroxyl groups is 1. The van der Waals surface area contributed by atoms with Gasteiger partial charge in [-0.1, -0.05) is 36.4 Å². The molecule has 3 rings (SSSR count). The maximum absolute atomic E-state index is 14.4. The highest BCUT2D eigenvalue weighted by Crippen LogP contribution is 2.37. The molecule has 0 fully saturated rings. The molecule has 0 aromatic heterocycles. The molecule has 216 valence electrons. The van der Waals surface area contributed by atoms with E-state index in [2.05, 4.69) is 5.32 Å². The summed E-state index contributed by atoms with van der Waals surface area (Å²) >= 11 is 0. The Morgan fingerprint density at radius 2 is 1.75 bits per heavy atom. The molecule has 0 radical (unpaired) electrons. The minimum Gasteiger partial charge on any atom is -0.497 e. The largest absolute Gasteiger partial charge is 0.497 e. The SMILES string of the molecule is COc1ccc(CC(C)(C)NC[C@H](O)COC(C)c2ccccc2-c2ccc(C(=O)O)c(C(F)(F)F)c2)c(F)c1. The Hall–Kier alpha value is -3.47. The fourth-order valence-corrected chi connectivity index (χ4v) is 4.38. The van der Waals surface area contributed by atoms with Gasteiger partial charge in [0, 0.05) is 18.2 Å². The smallest absolute Gasteiger partial charge is 0.417 e. The van der Waals surface area contributed by atoms with E-state index in [4.69, 9.17) is 9.47 Å². The summed E-state index contributed by atoms with van der Waals surface area (Å²) in [4.78, 5) is 11.3. The summed E-state index contributed by atoms with van der Waals surface area (Å²) in [6.07, 6.45) is -5.99. The molecule has 3 N–H and O–H groups in total. The molecule has 3 aromatic carbocycles. The van der Waals surface area contributed by atoms with Gasteiger partial charge in [-0.3, -0.25) is 0 Å². The number of β-amino-alcohol motifs (C(OH)–C–C–N with tert-alkyl or cyclic N) is 1. The number of carboxylic acids is 1. The van der Waals surface area contributed by atoms with E-state index in [0.29, 0.717) is 28.9 Å². The molecule has 6 nitrogen and oxygen atoms in total. The first-order valence-electron chi connectivity index (χ1n) is 12.6. The summed E-state index contributed by atoms with van der Waals surface area (Å²) in [5, 5.41) is 22.9. The van der Waals surface area contributed by atoms with Crippen molar-refractivity contribution in [2.24, 2.45) is 0 Å². The van der Waals surface area contributed by atoms with E-state index in [-0.39, 0.29) is 24.5 Å². The Kier molecular flexibility index (Phi) is 9.94. The van der Waals surface area contributed by atoms with Crippen LogP contribution in [0.1, 0.15) is 53.9 Å². The zero-order valence-electron chi connectivity index (χ0n) is 22.7. The molecule has 0 bridgehead atoms. The van der Waals surface area contributed by atoms with Gasteiger partial charge < -0.3 is 25.0 Å². The molecule has 0 saturated carbocycles. The molecule has 10 heteroatoms. The van der Waals surface area contributed by atoms with E-state index in [0.717, 1.165) is 12.1 Å². The molecule has 0 amide bonds. The van der Waals surface area contributed by atoms with Gasteiger partial charge >= 0.3 is 12.1 Å². The Morgan fingerprint density at radius 1 is 1.05 bits per heavy atom. The van der Waals surface area contributed by atoms with Gasteiger partial charge in [0.1, 0.15) is 11.6 Å². The lowest BCUT2D eigenvalue weighted by atomic mass is 9.93. The van der Waals surface area contributed by atoms with Crippen LogP contribution in [0.25, 0.3) is 11.1 Å². The average Bonchev–Trinajstić information content (AvgIpc) is 2.90. The van der Waals surface area contributed by atoms with Crippen LogP contribution in [0.15, 0.2) is 60.7 Å². The summed E-state index contributed by atoms with van der Waals surface area (Å²) in [6, 6.07) is 14.5. The number of carboxylic acid groups (broad SMARTS) is 1. The van der Waals surface area contributed by atoms with Gasteiger partial charge in [0.2, 0.25) is 0 Å². The summed E-state index contributed by atoms with van der Waals surface area (Å²) in [7, 11) is 1.46. The van der Waals surface area contributed by atoms with Crippen molar-refractivity contribution in [2.75, 3.05) is 20.3 Å². The highest BCUT2D eigenvalue weighted by Gasteiger charge is 2.36. The van der Waals surface area contributed by atoms with Crippen molar-refractivity contribution in [1.29, 1.82) is 0 Å². The number of ether oxygens (including phenoxy) is 2. The number of methoxy groups -OCH3 is 1. The summed E-state index contributed by atoms with van der Waals surface area (Å²) in [5.74, 6) is -1.62. The average molecular weight is 564 g/mol. The van der Waals surface area contributed by atoms with Crippen LogP contribution in [0, 0.1) is 5.82 Å². The standard InChI is InChI=1S/C30H33F4NO5/c1-18(40-17-21(36)16-35-29(2,3)15-20-9-11-22(39-4)14-27(20)31)23-7-5-6-8-24(23)19-10-12-25(28(37)38)26(13-19)30(32,33)34/h5-14,18,21,35-36H,15-17H2,1-4H3,(H,37,38)/t18?,21-/m0/s1. The summed E-state index contributed by atoms with van der Waals surface area (Å²) in [5.41, 5.74) is -0.891. The van der Waals surface area contributed by atoms with Crippen molar-refractivity contribution >= 4 is 5.97 Å².